The molecule has 1 N–H and O–H groups in total. The zero-order valence-electron chi connectivity index (χ0n) is 11.5. The first-order valence-electron chi connectivity index (χ1n) is 6.79. The van der Waals surface area contributed by atoms with Gasteiger partial charge in [-0.25, -0.2) is 0 Å². The van der Waals surface area contributed by atoms with E-state index in [0.717, 1.165) is 24.9 Å². The number of nitro groups is 1. The molecule has 1 saturated heterocycles. The van der Waals surface area contributed by atoms with Gasteiger partial charge in [-0.2, -0.15) is 0 Å². The van der Waals surface area contributed by atoms with Gasteiger partial charge < -0.3 is 5.11 Å². The molecule has 5 nitrogen and oxygen atoms in total. The van der Waals surface area contributed by atoms with Gasteiger partial charge in [-0.3, -0.25) is 15.0 Å². The van der Waals surface area contributed by atoms with Crippen molar-refractivity contribution in [3.8, 4) is 0 Å². The largest absolute Gasteiger partial charge is 0.396 e. The molecular weight excluding hydrogens is 324 g/mol. The molecule has 1 heterocycles. The van der Waals surface area contributed by atoms with E-state index in [0.29, 0.717) is 23.0 Å². The highest BCUT2D eigenvalue weighted by Gasteiger charge is 2.25. The standard InChI is InChI=1S/C14H19BrN2O3/c1-10-2-3-12(9-18)8-16(10)7-11-4-5-13(15)14(6-11)17(19)20/h4-6,10,12,18H,2-3,7-9H2,1H3. The summed E-state index contributed by atoms with van der Waals surface area (Å²) in [4.78, 5) is 12.9. The van der Waals surface area contributed by atoms with E-state index in [-0.39, 0.29) is 17.2 Å². The summed E-state index contributed by atoms with van der Waals surface area (Å²) in [6.07, 6.45) is 2.11. The Morgan fingerprint density at radius 3 is 2.90 bits per heavy atom. The predicted octanol–water partition coefficient (Wildman–Crippen LogP) is 2.95. The predicted molar refractivity (Wildman–Crippen MR) is 80.5 cm³/mol. The fourth-order valence-corrected chi connectivity index (χ4v) is 3.05. The molecule has 0 spiro atoms. The summed E-state index contributed by atoms with van der Waals surface area (Å²) in [7, 11) is 0. The number of hydrogen-bond donors (Lipinski definition) is 1. The molecule has 6 heteroatoms. The lowest BCUT2D eigenvalue weighted by molar-refractivity contribution is -0.385. The third kappa shape index (κ3) is 3.56. The molecule has 2 rings (SSSR count). The normalized spacial score (nSPS) is 23.8. The van der Waals surface area contributed by atoms with Crippen molar-refractivity contribution in [1.82, 2.24) is 4.90 Å². The minimum Gasteiger partial charge on any atom is -0.396 e. The third-order valence-electron chi connectivity index (χ3n) is 3.96. The number of aliphatic hydroxyl groups is 1. The van der Waals surface area contributed by atoms with Gasteiger partial charge in [0.2, 0.25) is 0 Å². The Morgan fingerprint density at radius 1 is 1.50 bits per heavy atom. The van der Waals surface area contributed by atoms with Crippen LogP contribution in [0.3, 0.4) is 0 Å². The zero-order chi connectivity index (χ0) is 14.7. The van der Waals surface area contributed by atoms with Crippen molar-refractivity contribution in [3.05, 3.63) is 38.3 Å². The summed E-state index contributed by atoms with van der Waals surface area (Å²) >= 11 is 3.20. The SMILES string of the molecule is CC1CCC(CO)CN1Cc1ccc(Br)c([N+](=O)[O-])c1. The molecule has 0 amide bonds. The van der Waals surface area contributed by atoms with E-state index < -0.39 is 0 Å². The maximum atomic E-state index is 11.0. The van der Waals surface area contributed by atoms with Crippen molar-refractivity contribution >= 4 is 21.6 Å². The van der Waals surface area contributed by atoms with Crippen LogP contribution in [0.5, 0.6) is 0 Å². The topological polar surface area (TPSA) is 66.6 Å². The van der Waals surface area contributed by atoms with Gasteiger partial charge in [0.1, 0.15) is 0 Å². The highest BCUT2D eigenvalue weighted by Crippen LogP contribution is 2.28. The number of benzene rings is 1. The lowest BCUT2D eigenvalue weighted by Gasteiger charge is -2.37. The lowest BCUT2D eigenvalue weighted by Crippen LogP contribution is -2.42. The van der Waals surface area contributed by atoms with Crippen LogP contribution in [0.15, 0.2) is 22.7 Å². The van der Waals surface area contributed by atoms with E-state index in [1.54, 1.807) is 12.1 Å². The van der Waals surface area contributed by atoms with E-state index in [1.165, 1.54) is 0 Å². The maximum absolute atomic E-state index is 11.0. The number of halogens is 1. The van der Waals surface area contributed by atoms with Crippen LogP contribution >= 0.6 is 15.9 Å². The van der Waals surface area contributed by atoms with E-state index >= 15 is 0 Å². The van der Waals surface area contributed by atoms with Crippen molar-refractivity contribution < 1.29 is 10.0 Å². The van der Waals surface area contributed by atoms with Crippen LogP contribution in [0.2, 0.25) is 0 Å². The summed E-state index contributed by atoms with van der Waals surface area (Å²) < 4.78 is 0.506. The Labute approximate surface area is 126 Å². The molecule has 1 aromatic carbocycles. The first-order valence-corrected chi connectivity index (χ1v) is 7.58. The summed E-state index contributed by atoms with van der Waals surface area (Å²) in [5.41, 5.74) is 1.04. The number of likely N-dealkylation sites (tertiary alicyclic amines) is 1. The fraction of sp³-hybridized carbons (Fsp3) is 0.571. The number of rotatable bonds is 4. The van der Waals surface area contributed by atoms with E-state index in [4.69, 9.17) is 0 Å². The van der Waals surface area contributed by atoms with Gasteiger partial charge in [0.05, 0.1) is 9.40 Å². The second kappa shape index (κ2) is 6.65. The van der Waals surface area contributed by atoms with Crippen LogP contribution < -0.4 is 0 Å². The van der Waals surface area contributed by atoms with Gasteiger partial charge in [-0.05, 0) is 53.2 Å². The van der Waals surface area contributed by atoms with Gasteiger partial charge in [-0.15, -0.1) is 0 Å². The zero-order valence-corrected chi connectivity index (χ0v) is 13.0. The number of piperidine rings is 1. The highest BCUT2D eigenvalue weighted by atomic mass is 79.9. The summed E-state index contributed by atoms with van der Waals surface area (Å²) in [6.45, 7) is 3.91. The third-order valence-corrected chi connectivity index (χ3v) is 4.63. The molecule has 20 heavy (non-hydrogen) atoms. The van der Waals surface area contributed by atoms with Crippen LogP contribution in [0.25, 0.3) is 0 Å². The van der Waals surface area contributed by atoms with Crippen LogP contribution in [-0.4, -0.2) is 34.1 Å². The molecule has 1 fully saturated rings. The molecule has 0 aromatic heterocycles. The lowest BCUT2D eigenvalue weighted by atomic mass is 9.93. The summed E-state index contributed by atoms with van der Waals surface area (Å²) in [6, 6.07) is 5.71. The molecule has 1 aliphatic heterocycles. The van der Waals surface area contributed by atoms with Crippen molar-refractivity contribution in [3.63, 3.8) is 0 Å². The molecule has 2 unspecified atom stereocenters. The Kier molecular flexibility index (Phi) is 5.12. The minimum absolute atomic E-state index is 0.103. The Morgan fingerprint density at radius 2 is 2.25 bits per heavy atom. The van der Waals surface area contributed by atoms with Crippen LogP contribution in [0.4, 0.5) is 5.69 Å². The van der Waals surface area contributed by atoms with Gasteiger partial charge in [0.25, 0.3) is 5.69 Å². The first-order chi connectivity index (χ1) is 9.51. The molecule has 110 valence electrons. The highest BCUT2D eigenvalue weighted by molar-refractivity contribution is 9.10. The van der Waals surface area contributed by atoms with Crippen molar-refractivity contribution in [2.75, 3.05) is 13.2 Å². The van der Waals surface area contributed by atoms with Gasteiger partial charge in [-0.1, -0.05) is 6.07 Å². The van der Waals surface area contributed by atoms with Crippen molar-refractivity contribution in [2.24, 2.45) is 5.92 Å². The Hall–Kier alpha value is -0.980. The number of nitrogens with zero attached hydrogens (tertiary/aromatic N) is 2. The first kappa shape index (κ1) is 15.4. The Balaban J connectivity index is 2.12. The molecule has 0 bridgehead atoms. The quantitative estimate of drug-likeness (QED) is 0.674. The fourth-order valence-electron chi connectivity index (χ4n) is 2.66. The average molecular weight is 343 g/mol. The average Bonchev–Trinajstić information content (AvgIpc) is 2.43. The molecule has 0 saturated carbocycles. The smallest absolute Gasteiger partial charge is 0.283 e. The van der Waals surface area contributed by atoms with E-state index in [9.17, 15) is 15.2 Å². The monoisotopic (exact) mass is 342 g/mol. The van der Waals surface area contributed by atoms with Crippen LogP contribution in [-0.2, 0) is 6.54 Å². The van der Waals surface area contributed by atoms with Gasteiger partial charge >= 0.3 is 0 Å². The Bertz CT molecular complexity index is 495. The van der Waals surface area contributed by atoms with Crippen LogP contribution in [0.1, 0.15) is 25.3 Å². The maximum Gasteiger partial charge on any atom is 0.283 e. The van der Waals surface area contributed by atoms with Gasteiger partial charge in [0, 0.05) is 31.8 Å². The van der Waals surface area contributed by atoms with Crippen molar-refractivity contribution in [2.45, 2.75) is 32.4 Å². The second-order valence-electron chi connectivity index (χ2n) is 5.45. The van der Waals surface area contributed by atoms with E-state index in [2.05, 4.69) is 27.8 Å². The molecule has 2 atom stereocenters. The number of nitro benzene ring substituents is 1. The van der Waals surface area contributed by atoms with Crippen LogP contribution in [0, 0.1) is 16.0 Å². The molecule has 0 aliphatic carbocycles. The second-order valence-corrected chi connectivity index (χ2v) is 6.30. The number of hydrogen-bond acceptors (Lipinski definition) is 4. The van der Waals surface area contributed by atoms with Crippen molar-refractivity contribution in [1.29, 1.82) is 0 Å². The molecule has 1 aliphatic rings. The minimum atomic E-state index is -0.371. The van der Waals surface area contributed by atoms with E-state index in [1.807, 2.05) is 6.07 Å². The summed E-state index contributed by atoms with van der Waals surface area (Å²) in [5, 5.41) is 20.3. The molecular formula is C14H19BrN2O3. The summed E-state index contributed by atoms with van der Waals surface area (Å²) in [5.74, 6) is 0.316. The molecule has 0 radical (unpaired) electrons. The number of aliphatic hydroxyl groups excluding tert-OH is 1. The molecule has 1 aromatic rings. The van der Waals surface area contributed by atoms with Gasteiger partial charge in [0.15, 0.2) is 0 Å².